The number of rotatable bonds is 8. The zero-order chi connectivity index (χ0) is 27.7. The van der Waals surface area contributed by atoms with Crippen molar-refractivity contribution in [2.24, 2.45) is 0 Å². The van der Waals surface area contributed by atoms with Crippen molar-refractivity contribution in [3.8, 4) is 0 Å². The number of hydrogen-bond acceptors (Lipinski definition) is 4. The molecular formula is C8F18NNaO4S2. The topological polar surface area (TPSA) is 82.4 Å². The maximum Gasteiger partial charge on any atom is 1.00 e. The fraction of sp³-hybridized carbons (Fsp3) is 1.00. The Hall–Kier alpha value is -0.400. The van der Waals surface area contributed by atoms with Crippen molar-refractivity contribution in [3.63, 3.8) is 0 Å². The molecule has 0 amide bonds. The van der Waals surface area contributed by atoms with Gasteiger partial charge < -0.3 is 4.13 Å². The van der Waals surface area contributed by atoms with Crippen LogP contribution in [0.1, 0.15) is 0 Å². The summed E-state index contributed by atoms with van der Waals surface area (Å²) in [5.74, 6) is -33.0. The van der Waals surface area contributed by atoms with E-state index >= 15 is 0 Å². The Morgan fingerprint density at radius 3 is 0.706 bits per heavy atom. The molecule has 200 valence electrons. The number of sulfonamides is 2. The van der Waals surface area contributed by atoms with E-state index in [-0.39, 0.29) is 33.7 Å². The molecular weight excluding hydrogens is 603 g/mol. The average Bonchev–Trinajstić information content (AvgIpc) is 2.50. The fourth-order valence-corrected chi connectivity index (χ4v) is 3.95. The predicted octanol–water partition coefficient (Wildman–Crippen LogP) is 1.88. The Balaban J connectivity index is 0. The van der Waals surface area contributed by atoms with E-state index in [1.165, 1.54) is 0 Å². The maximum absolute atomic E-state index is 13.2. The Labute approximate surface area is 196 Å². The minimum atomic E-state index is -8.81. The molecule has 0 aromatic carbocycles. The van der Waals surface area contributed by atoms with E-state index in [0.717, 1.165) is 0 Å². The van der Waals surface area contributed by atoms with Crippen LogP contribution in [0.4, 0.5) is 79.0 Å². The van der Waals surface area contributed by atoms with Crippen LogP contribution in [0.25, 0.3) is 4.13 Å². The number of nitrogens with zero attached hydrogens (tertiary/aromatic N) is 1. The molecule has 0 aromatic heterocycles. The quantitative estimate of drug-likeness (QED) is 0.314. The Kier molecular flexibility index (Phi) is 9.32. The van der Waals surface area contributed by atoms with Crippen LogP contribution in [0.2, 0.25) is 0 Å². The normalized spacial score (nSPS) is 16.3. The van der Waals surface area contributed by atoms with Gasteiger partial charge in [-0.3, -0.25) is 0 Å². The SMILES string of the molecule is O=S(=O)([N-]S(=O)(=O)C(F)(F)C(F)(F)C(F)(F)C(F)(F)F)C(F)(F)C(F)(F)C(F)(F)C(F)(F)F.[Na+]. The smallest absolute Gasteiger partial charge is 0.425 e. The molecule has 5 nitrogen and oxygen atoms in total. The molecule has 0 unspecified atom stereocenters. The van der Waals surface area contributed by atoms with Gasteiger partial charge in [0.1, 0.15) is 0 Å². The Morgan fingerprint density at radius 1 is 0.382 bits per heavy atom. The first kappa shape index (κ1) is 35.8. The summed E-state index contributed by atoms with van der Waals surface area (Å²) < 4.78 is 269. The second-order valence-electron chi connectivity index (χ2n) is 5.35. The van der Waals surface area contributed by atoms with Crippen molar-refractivity contribution in [2.75, 3.05) is 0 Å². The predicted molar refractivity (Wildman–Crippen MR) is 63.0 cm³/mol. The van der Waals surface area contributed by atoms with Crippen LogP contribution in [0, 0.1) is 0 Å². The summed E-state index contributed by atoms with van der Waals surface area (Å²) in [5, 5.41) is -16.4. The van der Waals surface area contributed by atoms with Crippen molar-refractivity contribution in [3.05, 3.63) is 4.13 Å². The van der Waals surface area contributed by atoms with Gasteiger partial charge in [0.25, 0.3) is 0 Å². The van der Waals surface area contributed by atoms with E-state index < -0.39 is 66.6 Å². The molecule has 0 N–H and O–H groups in total. The van der Waals surface area contributed by atoms with E-state index in [2.05, 4.69) is 0 Å². The van der Waals surface area contributed by atoms with Crippen LogP contribution < -0.4 is 29.6 Å². The van der Waals surface area contributed by atoms with Gasteiger partial charge in [-0.1, -0.05) is 0 Å². The minimum Gasteiger partial charge on any atom is -0.425 e. The van der Waals surface area contributed by atoms with E-state index in [9.17, 15) is 95.9 Å². The first-order valence-corrected chi connectivity index (χ1v) is 9.22. The van der Waals surface area contributed by atoms with E-state index in [1.807, 2.05) is 0 Å². The first-order chi connectivity index (χ1) is 13.7. The summed E-state index contributed by atoms with van der Waals surface area (Å²) in [5.41, 5.74) is 0. The number of halogens is 18. The standard InChI is InChI=1S/C8F18NO4S2.Na/c9-1(10,5(17,18)19)3(13,14)7(23,24)32(28,29)27-33(30,31)8(25,26)4(15,16)2(11,12)6(20,21)22;/q-1;+1. The van der Waals surface area contributed by atoms with Gasteiger partial charge in [0.05, 0.1) is 0 Å². The third-order valence-corrected chi connectivity index (χ3v) is 6.45. The van der Waals surface area contributed by atoms with Crippen LogP contribution in [-0.2, 0) is 20.0 Å². The molecule has 0 radical (unpaired) electrons. The summed E-state index contributed by atoms with van der Waals surface area (Å²) in [6.45, 7) is 0. The molecule has 0 saturated heterocycles. The maximum atomic E-state index is 13.2. The summed E-state index contributed by atoms with van der Waals surface area (Å²) in [7, 11) is -17.6. The largest absolute Gasteiger partial charge is 1.00 e. The average molecular weight is 603 g/mol. The van der Waals surface area contributed by atoms with Crippen molar-refractivity contribution >= 4 is 20.0 Å². The van der Waals surface area contributed by atoms with Gasteiger partial charge >= 0.3 is 76.1 Å². The van der Waals surface area contributed by atoms with Gasteiger partial charge in [0.15, 0.2) is 20.0 Å². The molecule has 0 spiro atoms. The molecule has 0 rings (SSSR count). The Morgan fingerprint density at radius 2 is 0.559 bits per heavy atom. The second-order valence-corrected chi connectivity index (χ2v) is 8.87. The summed E-state index contributed by atoms with van der Waals surface area (Å²) in [6, 6.07) is 0. The second kappa shape index (κ2) is 8.86. The summed E-state index contributed by atoms with van der Waals surface area (Å²) in [4.78, 5) is 0. The molecule has 26 heteroatoms. The van der Waals surface area contributed by atoms with Crippen LogP contribution in [0.3, 0.4) is 0 Å². The van der Waals surface area contributed by atoms with Crippen molar-refractivity contribution in [2.45, 2.75) is 46.6 Å². The molecule has 0 aliphatic carbocycles. The minimum absolute atomic E-state index is 0. The van der Waals surface area contributed by atoms with E-state index in [0.29, 0.717) is 0 Å². The monoisotopic (exact) mass is 603 g/mol. The van der Waals surface area contributed by atoms with Crippen molar-refractivity contribution in [1.29, 1.82) is 0 Å². The van der Waals surface area contributed by atoms with Gasteiger partial charge in [0, 0.05) is 0 Å². The van der Waals surface area contributed by atoms with Crippen LogP contribution >= 0.6 is 0 Å². The molecule has 0 saturated carbocycles. The molecule has 0 fully saturated rings. The Bertz CT molecular complexity index is 887. The molecule has 0 heterocycles. The molecule has 0 aliphatic heterocycles. The fourth-order valence-electron chi connectivity index (χ4n) is 1.27. The van der Waals surface area contributed by atoms with Gasteiger partial charge in [-0.05, 0) is 0 Å². The van der Waals surface area contributed by atoms with Gasteiger partial charge in [0.2, 0.25) is 0 Å². The van der Waals surface area contributed by atoms with Crippen molar-refractivity contribution in [1.82, 2.24) is 0 Å². The molecule has 0 aromatic rings. The first-order valence-electron chi connectivity index (χ1n) is 6.34. The van der Waals surface area contributed by atoms with Crippen LogP contribution in [-0.4, -0.2) is 63.4 Å². The van der Waals surface area contributed by atoms with Gasteiger partial charge in [-0.15, -0.1) is 0 Å². The van der Waals surface area contributed by atoms with Gasteiger partial charge in [-0.2, -0.15) is 79.0 Å². The summed E-state index contributed by atoms with van der Waals surface area (Å²) in [6.07, 6.45) is -15.6. The number of hydrogen-bond donors (Lipinski definition) is 0. The molecule has 34 heavy (non-hydrogen) atoms. The molecule has 0 aliphatic rings. The molecule has 0 bridgehead atoms. The third-order valence-electron chi connectivity index (χ3n) is 3.08. The zero-order valence-corrected chi connectivity index (χ0v) is 18.3. The summed E-state index contributed by atoms with van der Waals surface area (Å²) >= 11 is 0. The third kappa shape index (κ3) is 4.91. The van der Waals surface area contributed by atoms with Crippen LogP contribution in [0.5, 0.6) is 0 Å². The van der Waals surface area contributed by atoms with Crippen LogP contribution in [0.15, 0.2) is 0 Å². The zero-order valence-electron chi connectivity index (χ0n) is 14.7. The van der Waals surface area contributed by atoms with E-state index in [1.54, 1.807) is 0 Å². The number of alkyl halides is 18. The van der Waals surface area contributed by atoms with Gasteiger partial charge in [-0.25, -0.2) is 16.8 Å². The van der Waals surface area contributed by atoms with Crippen molar-refractivity contribution < 1.29 is 125 Å². The molecule has 0 atom stereocenters. The van der Waals surface area contributed by atoms with E-state index in [4.69, 9.17) is 0 Å².